The molecule has 0 saturated carbocycles. The predicted molar refractivity (Wildman–Crippen MR) is 90.8 cm³/mol. The summed E-state index contributed by atoms with van der Waals surface area (Å²) >= 11 is 11.8. The highest BCUT2D eigenvalue weighted by atomic mass is 35.5. The molecule has 126 valence electrons. The standard InChI is InChI=1S/C15H13Cl2N3O4/c1-8-3-6-13(14(18-8)20(22)23)24-9(2)15(21)19-12-7-10(16)4-5-11(12)17/h3-7,9H,1-2H3,(H,19,21)/t9-/m1/s1. The summed E-state index contributed by atoms with van der Waals surface area (Å²) in [4.78, 5) is 26.4. The van der Waals surface area contributed by atoms with Crippen LogP contribution in [0.1, 0.15) is 12.6 Å². The molecule has 0 aliphatic rings. The number of nitrogens with zero attached hydrogens (tertiary/aromatic N) is 2. The van der Waals surface area contributed by atoms with Crippen molar-refractivity contribution >= 4 is 40.6 Å². The minimum absolute atomic E-state index is 0.0922. The maximum absolute atomic E-state index is 12.2. The Balaban J connectivity index is 2.15. The highest BCUT2D eigenvalue weighted by molar-refractivity contribution is 6.35. The number of pyridine rings is 1. The van der Waals surface area contributed by atoms with Crippen LogP contribution in [-0.2, 0) is 4.79 Å². The SMILES string of the molecule is Cc1ccc(O[C@H](C)C(=O)Nc2cc(Cl)ccc2Cl)c([N+](=O)[O-])n1. The first-order valence-electron chi connectivity index (χ1n) is 6.82. The largest absolute Gasteiger partial charge is 0.473 e. The molecule has 1 aromatic heterocycles. The second-order valence-corrected chi connectivity index (χ2v) is 5.75. The van der Waals surface area contributed by atoms with Gasteiger partial charge in [0.1, 0.15) is 5.69 Å². The molecule has 0 bridgehead atoms. The maximum Gasteiger partial charge on any atom is 0.406 e. The van der Waals surface area contributed by atoms with E-state index < -0.39 is 22.8 Å². The van der Waals surface area contributed by atoms with Gasteiger partial charge in [-0.3, -0.25) is 4.79 Å². The van der Waals surface area contributed by atoms with Crippen LogP contribution in [-0.4, -0.2) is 21.9 Å². The fraction of sp³-hybridized carbons (Fsp3) is 0.200. The van der Waals surface area contributed by atoms with Crippen molar-refractivity contribution in [1.82, 2.24) is 4.98 Å². The predicted octanol–water partition coefficient (Wildman–Crippen LogP) is 4.01. The number of carbonyl (C=O) groups excluding carboxylic acids is 1. The number of hydrogen-bond donors (Lipinski definition) is 1. The summed E-state index contributed by atoms with van der Waals surface area (Å²) < 4.78 is 5.37. The number of benzene rings is 1. The number of ether oxygens (including phenoxy) is 1. The third-order valence-electron chi connectivity index (χ3n) is 3.01. The van der Waals surface area contributed by atoms with Gasteiger partial charge in [0.25, 0.3) is 5.91 Å². The van der Waals surface area contributed by atoms with E-state index in [1.807, 2.05) is 0 Å². The molecular formula is C15H13Cl2N3O4. The normalized spacial score (nSPS) is 11.7. The smallest absolute Gasteiger partial charge is 0.406 e. The number of nitrogens with one attached hydrogen (secondary N) is 1. The van der Waals surface area contributed by atoms with Gasteiger partial charge in [-0.15, -0.1) is 0 Å². The molecule has 0 saturated heterocycles. The average Bonchev–Trinajstić information content (AvgIpc) is 2.52. The third kappa shape index (κ3) is 4.33. The fourth-order valence-electron chi connectivity index (χ4n) is 1.82. The van der Waals surface area contributed by atoms with Crippen molar-refractivity contribution in [3.8, 4) is 5.75 Å². The zero-order valence-corrected chi connectivity index (χ0v) is 14.3. The lowest BCUT2D eigenvalue weighted by molar-refractivity contribution is -0.390. The second kappa shape index (κ2) is 7.46. The van der Waals surface area contributed by atoms with Crippen molar-refractivity contribution < 1.29 is 14.5 Å². The molecule has 2 aromatic rings. The molecule has 0 spiro atoms. The Morgan fingerprint density at radius 3 is 2.71 bits per heavy atom. The Morgan fingerprint density at radius 1 is 1.33 bits per heavy atom. The van der Waals surface area contributed by atoms with Crippen LogP contribution in [0.15, 0.2) is 30.3 Å². The van der Waals surface area contributed by atoms with E-state index in [2.05, 4.69) is 10.3 Å². The molecule has 7 nitrogen and oxygen atoms in total. The highest BCUT2D eigenvalue weighted by Crippen LogP contribution is 2.27. The van der Waals surface area contributed by atoms with Crippen LogP contribution in [0.3, 0.4) is 0 Å². The number of nitro groups is 1. The molecule has 0 unspecified atom stereocenters. The number of anilines is 1. The van der Waals surface area contributed by atoms with E-state index in [0.717, 1.165) is 0 Å². The van der Waals surface area contributed by atoms with Gasteiger partial charge in [-0.1, -0.05) is 23.2 Å². The van der Waals surface area contributed by atoms with Crippen molar-refractivity contribution in [1.29, 1.82) is 0 Å². The lowest BCUT2D eigenvalue weighted by Gasteiger charge is -2.15. The van der Waals surface area contributed by atoms with E-state index in [4.69, 9.17) is 27.9 Å². The molecule has 1 aromatic carbocycles. The van der Waals surface area contributed by atoms with E-state index in [1.54, 1.807) is 25.1 Å². The number of amides is 1. The van der Waals surface area contributed by atoms with Crippen LogP contribution in [0.4, 0.5) is 11.5 Å². The zero-order chi connectivity index (χ0) is 17.9. The molecule has 24 heavy (non-hydrogen) atoms. The number of hydrogen-bond acceptors (Lipinski definition) is 5. The monoisotopic (exact) mass is 369 g/mol. The quantitative estimate of drug-likeness (QED) is 0.634. The molecule has 0 aliphatic heterocycles. The van der Waals surface area contributed by atoms with Crippen LogP contribution >= 0.6 is 23.2 Å². The molecule has 0 fully saturated rings. The summed E-state index contributed by atoms with van der Waals surface area (Å²) in [6.07, 6.45) is -1.01. The Morgan fingerprint density at radius 2 is 2.04 bits per heavy atom. The average molecular weight is 370 g/mol. The van der Waals surface area contributed by atoms with Crippen LogP contribution < -0.4 is 10.1 Å². The van der Waals surface area contributed by atoms with Gasteiger partial charge in [-0.25, -0.2) is 0 Å². The van der Waals surface area contributed by atoms with Crippen LogP contribution in [0.2, 0.25) is 10.0 Å². The van der Waals surface area contributed by atoms with Crippen LogP contribution in [0.25, 0.3) is 0 Å². The summed E-state index contributed by atoms with van der Waals surface area (Å²) in [6.45, 7) is 3.07. The van der Waals surface area contributed by atoms with Crippen LogP contribution in [0, 0.1) is 17.0 Å². The first kappa shape index (κ1) is 18.0. The molecule has 1 amide bonds. The van der Waals surface area contributed by atoms with E-state index in [9.17, 15) is 14.9 Å². The molecule has 1 atom stereocenters. The molecule has 0 radical (unpaired) electrons. The number of aryl methyl sites for hydroxylation is 1. The van der Waals surface area contributed by atoms with Gasteiger partial charge in [0.2, 0.25) is 5.75 Å². The minimum Gasteiger partial charge on any atom is -0.473 e. The molecule has 2 rings (SSSR count). The maximum atomic E-state index is 12.2. The number of aromatic nitrogens is 1. The number of halogens is 2. The van der Waals surface area contributed by atoms with Crippen molar-refractivity contribution in [2.45, 2.75) is 20.0 Å². The Hall–Kier alpha value is -2.38. The topological polar surface area (TPSA) is 94.4 Å². The van der Waals surface area contributed by atoms with Crippen molar-refractivity contribution in [3.63, 3.8) is 0 Å². The number of rotatable bonds is 5. The van der Waals surface area contributed by atoms with Crippen LogP contribution in [0.5, 0.6) is 5.75 Å². The van der Waals surface area contributed by atoms with Gasteiger partial charge < -0.3 is 20.2 Å². The summed E-state index contributed by atoms with van der Waals surface area (Å²) in [5, 5.41) is 14.3. The first-order valence-corrected chi connectivity index (χ1v) is 7.58. The van der Waals surface area contributed by atoms with Crippen molar-refractivity contribution in [2.75, 3.05) is 5.32 Å². The van der Waals surface area contributed by atoms with E-state index in [0.29, 0.717) is 21.4 Å². The summed E-state index contributed by atoms with van der Waals surface area (Å²) in [5.41, 5.74) is 0.790. The highest BCUT2D eigenvalue weighted by Gasteiger charge is 2.23. The first-order chi connectivity index (χ1) is 11.3. The Kier molecular flexibility index (Phi) is 5.58. The lowest BCUT2D eigenvalue weighted by Crippen LogP contribution is -2.30. The second-order valence-electron chi connectivity index (χ2n) is 4.90. The fourth-order valence-corrected chi connectivity index (χ4v) is 2.16. The number of carbonyl (C=O) groups is 1. The third-order valence-corrected chi connectivity index (χ3v) is 3.58. The lowest BCUT2D eigenvalue weighted by atomic mass is 10.3. The molecule has 9 heteroatoms. The van der Waals surface area contributed by atoms with Gasteiger partial charge in [0, 0.05) is 11.9 Å². The summed E-state index contributed by atoms with van der Waals surface area (Å²) in [7, 11) is 0. The van der Waals surface area contributed by atoms with Crippen molar-refractivity contribution in [2.24, 2.45) is 0 Å². The van der Waals surface area contributed by atoms with Gasteiger partial charge in [-0.2, -0.15) is 0 Å². The van der Waals surface area contributed by atoms with E-state index in [1.165, 1.54) is 19.1 Å². The molecular weight excluding hydrogens is 357 g/mol. The zero-order valence-electron chi connectivity index (χ0n) is 12.7. The van der Waals surface area contributed by atoms with E-state index in [-0.39, 0.29) is 5.75 Å². The van der Waals surface area contributed by atoms with Gasteiger partial charge in [0.05, 0.1) is 10.7 Å². The van der Waals surface area contributed by atoms with Crippen molar-refractivity contribution in [3.05, 3.63) is 56.2 Å². The molecule has 1 N–H and O–H groups in total. The van der Waals surface area contributed by atoms with Gasteiger partial charge in [0.15, 0.2) is 6.10 Å². The minimum atomic E-state index is -1.01. The molecule has 0 aliphatic carbocycles. The Bertz CT molecular complexity index is 798. The molecule has 1 heterocycles. The van der Waals surface area contributed by atoms with Gasteiger partial charge >= 0.3 is 5.82 Å². The summed E-state index contributed by atoms with van der Waals surface area (Å²) in [6, 6.07) is 7.57. The summed E-state index contributed by atoms with van der Waals surface area (Å²) in [5.74, 6) is -1.07. The Labute approximate surface area is 147 Å². The van der Waals surface area contributed by atoms with Gasteiger partial charge in [-0.05, 0) is 47.2 Å². The van der Waals surface area contributed by atoms with E-state index >= 15 is 0 Å².